The molecule has 0 saturated carbocycles. The molecule has 0 radical (unpaired) electrons. The van der Waals surface area contributed by atoms with E-state index in [2.05, 4.69) is 4.90 Å². The first kappa shape index (κ1) is 12.7. The SMILES string of the molecule is CC(CC(=O)O)N1CCCCC1.[Cl-]. The van der Waals surface area contributed by atoms with Crippen molar-refractivity contribution in [3.05, 3.63) is 0 Å². The number of piperidine rings is 1. The molecule has 1 aliphatic heterocycles. The number of likely N-dealkylation sites (tertiary alicyclic amines) is 1. The van der Waals surface area contributed by atoms with Crippen LogP contribution in [0, 0.1) is 0 Å². The van der Waals surface area contributed by atoms with Gasteiger partial charge >= 0.3 is 5.97 Å². The zero-order valence-corrected chi connectivity index (χ0v) is 8.76. The molecule has 1 fully saturated rings. The zero-order valence-electron chi connectivity index (χ0n) is 8.00. The fraction of sp³-hybridized carbons (Fsp3) is 0.889. The second-order valence-electron chi connectivity index (χ2n) is 3.54. The van der Waals surface area contributed by atoms with Gasteiger partial charge in [-0.1, -0.05) is 6.42 Å². The first-order valence-electron chi connectivity index (χ1n) is 4.66. The van der Waals surface area contributed by atoms with Gasteiger partial charge in [0.05, 0.1) is 6.42 Å². The molecule has 0 bridgehead atoms. The molecule has 0 aromatic heterocycles. The van der Waals surface area contributed by atoms with Crippen LogP contribution >= 0.6 is 0 Å². The zero-order chi connectivity index (χ0) is 8.97. The van der Waals surface area contributed by atoms with Crippen molar-refractivity contribution in [2.45, 2.75) is 38.6 Å². The summed E-state index contributed by atoms with van der Waals surface area (Å²) in [6, 6.07) is 0.211. The number of carboxylic acid groups (broad SMARTS) is 1. The molecule has 0 aromatic rings. The third kappa shape index (κ3) is 4.48. The van der Waals surface area contributed by atoms with E-state index in [1.165, 1.54) is 19.3 Å². The van der Waals surface area contributed by atoms with Gasteiger partial charge in [0.1, 0.15) is 0 Å². The van der Waals surface area contributed by atoms with Crippen molar-refractivity contribution in [3.63, 3.8) is 0 Å². The number of halogens is 1. The number of aliphatic carboxylic acids is 1. The minimum absolute atomic E-state index is 0. The van der Waals surface area contributed by atoms with E-state index in [1.54, 1.807) is 0 Å². The highest BCUT2D eigenvalue weighted by molar-refractivity contribution is 5.67. The molecule has 0 aromatic carbocycles. The standard InChI is InChI=1S/C9H17NO2.ClH/c1-8(7-9(11)12)10-5-3-2-4-6-10;/h8H,2-7H2,1H3,(H,11,12);1H/p-1. The summed E-state index contributed by atoms with van der Waals surface area (Å²) in [6.45, 7) is 4.16. The van der Waals surface area contributed by atoms with Gasteiger partial charge in [-0.05, 0) is 32.9 Å². The molecule has 1 atom stereocenters. The maximum Gasteiger partial charge on any atom is 0.304 e. The van der Waals surface area contributed by atoms with E-state index >= 15 is 0 Å². The molecule has 13 heavy (non-hydrogen) atoms. The Morgan fingerprint density at radius 2 is 1.92 bits per heavy atom. The van der Waals surface area contributed by atoms with Crippen molar-refractivity contribution in [2.75, 3.05) is 13.1 Å². The number of carboxylic acids is 1. The largest absolute Gasteiger partial charge is 1.00 e. The maximum atomic E-state index is 10.4. The average Bonchev–Trinajstić information content (AvgIpc) is 2.05. The highest BCUT2D eigenvalue weighted by atomic mass is 35.5. The summed E-state index contributed by atoms with van der Waals surface area (Å²) in [5, 5.41) is 8.59. The van der Waals surface area contributed by atoms with Crippen LogP contribution in [0.25, 0.3) is 0 Å². The van der Waals surface area contributed by atoms with E-state index < -0.39 is 5.97 Å². The minimum Gasteiger partial charge on any atom is -1.00 e. The van der Waals surface area contributed by atoms with Gasteiger partial charge < -0.3 is 22.4 Å². The van der Waals surface area contributed by atoms with E-state index in [0.29, 0.717) is 0 Å². The maximum absolute atomic E-state index is 10.4. The van der Waals surface area contributed by atoms with Crippen LogP contribution in [0.1, 0.15) is 32.6 Å². The molecular formula is C9H17ClNO2-. The monoisotopic (exact) mass is 206 g/mol. The number of carbonyl (C=O) groups is 1. The molecular weight excluding hydrogens is 190 g/mol. The summed E-state index contributed by atoms with van der Waals surface area (Å²) in [5.74, 6) is -0.687. The Hall–Kier alpha value is -0.280. The Morgan fingerprint density at radius 3 is 2.38 bits per heavy atom. The second kappa shape index (κ2) is 6.22. The molecule has 1 saturated heterocycles. The first-order chi connectivity index (χ1) is 5.70. The Kier molecular flexibility index (Phi) is 6.08. The van der Waals surface area contributed by atoms with Crippen LogP contribution in [0.4, 0.5) is 0 Å². The van der Waals surface area contributed by atoms with Crippen molar-refractivity contribution in [2.24, 2.45) is 0 Å². The lowest BCUT2D eigenvalue weighted by Gasteiger charge is -2.31. The molecule has 78 valence electrons. The molecule has 4 heteroatoms. The van der Waals surface area contributed by atoms with Gasteiger partial charge in [-0.15, -0.1) is 0 Å². The molecule has 0 aliphatic carbocycles. The summed E-state index contributed by atoms with van der Waals surface area (Å²) < 4.78 is 0. The normalized spacial score (nSPS) is 20.4. The van der Waals surface area contributed by atoms with E-state index in [0.717, 1.165) is 13.1 Å². The van der Waals surface area contributed by atoms with E-state index in [1.807, 2.05) is 6.92 Å². The molecule has 1 aliphatic rings. The lowest BCUT2D eigenvalue weighted by Crippen LogP contribution is -3.00. The predicted octanol–water partition coefficient (Wildman–Crippen LogP) is -1.66. The van der Waals surface area contributed by atoms with Gasteiger partial charge in [0.15, 0.2) is 0 Å². The summed E-state index contributed by atoms with van der Waals surface area (Å²) in [6.07, 6.45) is 4.03. The van der Waals surface area contributed by atoms with Crippen molar-refractivity contribution < 1.29 is 22.3 Å². The van der Waals surface area contributed by atoms with Gasteiger partial charge in [-0.2, -0.15) is 0 Å². The molecule has 1 unspecified atom stereocenters. The summed E-state index contributed by atoms with van der Waals surface area (Å²) in [7, 11) is 0. The van der Waals surface area contributed by atoms with Gasteiger partial charge in [0, 0.05) is 6.04 Å². The van der Waals surface area contributed by atoms with Crippen LogP contribution < -0.4 is 12.4 Å². The fourth-order valence-corrected chi connectivity index (χ4v) is 1.74. The third-order valence-electron chi connectivity index (χ3n) is 2.48. The Morgan fingerprint density at radius 1 is 1.38 bits per heavy atom. The molecule has 1 heterocycles. The van der Waals surface area contributed by atoms with Crippen LogP contribution in [0.3, 0.4) is 0 Å². The van der Waals surface area contributed by atoms with E-state index in [9.17, 15) is 4.79 Å². The molecule has 0 amide bonds. The fourth-order valence-electron chi connectivity index (χ4n) is 1.74. The number of nitrogens with zero attached hydrogens (tertiary/aromatic N) is 1. The summed E-state index contributed by atoms with van der Waals surface area (Å²) in [4.78, 5) is 12.7. The van der Waals surface area contributed by atoms with Crippen LogP contribution in [-0.2, 0) is 4.79 Å². The van der Waals surface area contributed by atoms with Crippen molar-refractivity contribution in [1.82, 2.24) is 4.90 Å². The highest BCUT2D eigenvalue weighted by Crippen LogP contribution is 2.13. The predicted molar refractivity (Wildman–Crippen MR) is 47.1 cm³/mol. The van der Waals surface area contributed by atoms with E-state index in [-0.39, 0.29) is 24.9 Å². The van der Waals surface area contributed by atoms with Crippen molar-refractivity contribution >= 4 is 5.97 Å². The minimum atomic E-state index is -0.687. The highest BCUT2D eigenvalue weighted by Gasteiger charge is 2.18. The molecule has 1 rings (SSSR count). The summed E-state index contributed by atoms with van der Waals surface area (Å²) >= 11 is 0. The lowest BCUT2D eigenvalue weighted by molar-refractivity contribution is -0.138. The van der Waals surface area contributed by atoms with Gasteiger partial charge in [0.2, 0.25) is 0 Å². The van der Waals surface area contributed by atoms with Crippen LogP contribution in [0.15, 0.2) is 0 Å². The quantitative estimate of drug-likeness (QED) is 0.601. The number of hydrogen-bond acceptors (Lipinski definition) is 2. The van der Waals surface area contributed by atoms with E-state index in [4.69, 9.17) is 5.11 Å². The van der Waals surface area contributed by atoms with Crippen molar-refractivity contribution in [1.29, 1.82) is 0 Å². The van der Waals surface area contributed by atoms with Crippen LogP contribution in [0.5, 0.6) is 0 Å². The Bertz CT molecular complexity index is 158. The summed E-state index contributed by atoms with van der Waals surface area (Å²) in [5.41, 5.74) is 0. The topological polar surface area (TPSA) is 40.5 Å². The third-order valence-corrected chi connectivity index (χ3v) is 2.48. The second-order valence-corrected chi connectivity index (χ2v) is 3.54. The lowest BCUT2D eigenvalue weighted by atomic mass is 10.1. The van der Waals surface area contributed by atoms with Gasteiger partial charge in [-0.3, -0.25) is 4.79 Å². The van der Waals surface area contributed by atoms with Gasteiger partial charge in [-0.25, -0.2) is 0 Å². The Balaban J connectivity index is 0.00000144. The smallest absolute Gasteiger partial charge is 0.304 e. The van der Waals surface area contributed by atoms with Crippen LogP contribution in [-0.4, -0.2) is 35.1 Å². The molecule has 0 spiro atoms. The van der Waals surface area contributed by atoms with Crippen LogP contribution in [0.2, 0.25) is 0 Å². The molecule has 3 nitrogen and oxygen atoms in total. The van der Waals surface area contributed by atoms with Crippen molar-refractivity contribution in [3.8, 4) is 0 Å². The number of rotatable bonds is 3. The van der Waals surface area contributed by atoms with Gasteiger partial charge in [0.25, 0.3) is 0 Å². The first-order valence-corrected chi connectivity index (χ1v) is 4.66. The Labute approximate surface area is 85.5 Å². The number of hydrogen-bond donors (Lipinski definition) is 1. The molecule has 1 N–H and O–H groups in total. The average molecular weight is 207 g/mol.